The van der Waals surface area contributed by atoms with Crippen LogP contribution in [0.1, 0.15) is 25.3 Å². The maximum absolute atomic E-state index is 13.1. The van der Waals surface area contributed by atoms with Gasteiger partial charge in [0.25, 0.3) is 0 Å². The zero-order chi connectivity index (χ0) is 13.8. The first-order chi connectivity index (χ1) is 9.08. The Labute approximate surface area is 112 Å². The molecule has 0 saturated carbocycles. The van der Waals surface area contributed by atoms with E-state index in [4.69, 9.17) is 5.11 Å². The van der Waals surface area contributed by atoms with Gasteiger partial charge in [0.2, 0.25) is 0 Å². The summed E-state index contributed by atoms with van der Waals surface area (Å²) in [6.07, 6.45) is 2.50. The molecule has 106 valence electrons. The molecule has 0 radical (unpaired) electrons. The van der Waals surface area contributed by atoms with Crippen molar-refractivity contribution in [2.24, 2.45) is 0 Å². The molecule has 1 atom stereocenters. The number of hydrogen-bond donors (Lipinski definition) is 2. The lowest BCUT2D eigenvalue weighted by atomic mass is 10.2. The van der Waals surface area contributed by atoms with E-state index < -0.39 is 17.4 Å². The Balaban J connectivity index is 1.82. The number of phenols is 1. The van der Waals surface area contributed by atoms with Crippen LogP contribution in [-0.2, 0) is 6.54 Å². The van der Waals surface area contributed by atoms with Crippen LogP contribution in [0.25, 0.3) is 0 Å². The third-order valence-electron chi connectivity index (χ3n) is 3.61. The summed E-state index contributed by atoms with van der Waals surface area (Å²) in [5.74, 6) is -2.73. The van der Waals surface area contributed by atoms with Crippen molar-refractivity contribution in [1.82, 2.24) is 10.2 Å². The molecule has 1 aliphatic heterocycles. The number of rotatable bonds is 5. The smallest absolute Gasteiger partial charge is 0.187 e. The van der Waals surface area contributed by atoms with Gasteiger partial charge in [-0.25, -0.2) is 8.78 Å². The Bertz CT molecular complexity index is 410. The van der Waals surface area contributed by atoms with Gasteiger partial charge in [-0.05, 0) is 50.6 Å². The van der Waals surface area contributed by atoms with Crippen LogP contribution in [0.4, 0.5) is 8.78 Å². The Kier molecular flexibility index (Phi) is 4.71. The summed E-state index contributed by atoms with van der Waals surface area (Å²) < 4.78 is 26.3. The molecule has 1 saturated heterocycles. The molecule has 5 heteroatoms. The maximum atomic E-state index is 13.1. The van der Waals surface area contributed by atoms with Gasteiger partial charge in [0.1, 0.15) is 0 Å². The van der Waals surface area contributed by atoms with Gasteiger partial charge in [-0.15, -0.1) is 0 Å². The molecular formula is C14H20F2N2O. The third-order valence-corrected chi connectivity index (χ3v) is 3.61. The summed E-state index contributed by atoms with van der Waals surface area (Å²) in [5, 5.41) is 12.2. The van der Waals surface area contributed by atoms with Crippen LogP contribution in [0, 0.1) is 11.6 Å². The predicted octanol–water partition coefficient (Wildman–Crippen LogP) is 2.24. The van der Waals surface area contributed by atoms with Gasteiger partial charge in [-0.3, -0.25) is 4.90 Å². The normalized spacial score (nSPS) is 17.8. The van der Waals surface area contributed by atoms with Crippen LogP contribution < -0.4 is 5.32 Å². The number of nitrogens with zero attached hydrogens (tertiary/aromatic N) is 1. The lowest BCUT2D eigenvalue weighted by molar-refractivity contribution is 0.251. The number of nitrogens with one attached hydrogen (secondary N) is 1. The lowest BCUT2D eigenvalue weighted by Gasteiger charge is -2.24. The van der Waals surface area contributed by atoms with E-state index in [1.54, 1.807) is 0 Å². The highest BCUT2D eigenvalue weighted by molar-refractivity contribution is 5.29. The number of hydrogen-bond acceptors (Lipinski definition) is 3. The van der Waals surface area contributed by atoms with E-state index in [1.807, 2.05) is 0 Å². The highest BCUT2D eigenvalue weighted by Crippen LogP contribution is 2.21. The van der Waals surface area contributed by atoms with E-state index in [9.17, 15) is 8.78 Å². The quantitative estimate of drug-likeness (QED) is 0.861. The van der Waals surface area contributed by atoms with Gasteiger partial charge < -0.3 is 10.4 Å². The first kappa shape index (κ1) is 14.2. The SMILES string of the molecule is CC(CNCc1cc(F)c(O)c(F)c1)N1CCCC1. The van der Waals surface area contributed by atoms with Crippen molar-refractivity contribution in [2.45, 2.75) is 32.4 Å². The van der Waals surface area contributed by atoms with Crippen LogP contribution in [0.5, 0.6) is 5.75 Å². The molecule has 0 aromatic heterocycles. The molecule has 3 nitrogen and oxygen atoms in total. The summed E-state index contributed by atoms with van der Waals surface area (Å²) >= 11 is 0. The zero-order valence-corrected chi connectivity index (χ0v) is 11.1. The number of aromatic hydroxyl groups is 1. The second kappa shape index (κ2) is 6.30. The van der Waals surface area contributed by atoms with Crippen molar-refractivity contribution >= 4 is 0 Å². The number of benzene rings is 1. The average Bonchev–Trinajstić information content (AvgIpc) is 2.89. The van der Waals surface area contributed by atoms with E-state index in [-0.39, 0.29) is 0 Å². The molecule has 1 aliphatic rings. The van der Waals surface area contributed by atoms with Crippen LogP contribution >= 0.6 is 0 Å². The minimum Gasteiger partial charge on any atom is -0.503 e. The minimum absolute atomic E-state index is 0.395. The van der Waals surface area contributed by atoms with Gasteiger partial charge in [0.05, 0.1) is 0 Å². The summed E-state index contributed by atoms with van der Waals surface area (Å²) in [5.41, 5.74) is 0.501. The molecule has 1 heterocycles. The summed E-state index contributed by atoms with van der Waals surface area (Å²) in [6.45, 7) is 5.59. The Morgan fingerprint density at radius 2 is 1.84 bits per heavy atom. The lowest BCUT2D eigenvalue weighted by Crippen LogP contribution is -2.38. The third kappa shape index (κ3) is 3.64. The average molecular weight is 270 g/mol. The van der Waals surface area contributed by atoms with E-state index in [1.165, 1.54) is 12.8 Å². The summed E-state index contributed by atoms with van der Waals surface area (Å²) in [7, 11) is 0. The van der Waals surface area contributed by atoms with Gasteiger partial charge in [-0.2, -0.15) is 0 Å². The largest absolute Gasteiger partial charge is 0.503 e. The Hall–Kier alpha value is -1.20. The fourth-order valence-electron chi connectivity index (χ4n) is 2.46. The van der Waals surface area contributed by atoms with Crippen molar-refractivity contribution in [2.75, 3.05) is 19.6 Å². The molecule has 19 heavy (non-hydrogen) atoms. The molecule has 1 unspecified atom stereocenters. The van der Waals surface area contributed by atoms with Crippen LogP contribution in [0.15, 0.2) is 12.1 Å². The van der Waals surface area contributed by atoms with Crippen molar-refractivity contribution in [3.63, 3.8) is 0 Å². The topological polar surface area (TPSA) is 35.5 Å². The molecule has 2 N–H and O–H groups in total. The van der Waals surface area contributed by atoms with E-state index in [0.29, 0.717) is 18.2 Å². The van der Waals surface area contributed by atoms with Gasteiger partial charge >= 0.3 is 0 Å². The van der Waals surface area contributed by atoms with E-state index >= 15 is 0 Å². The number of halogens is 2. The standard InChI is InChI=1S/C14H20F2N2O/c1-10(18-4-2-3-5-18)8-17-9-11-6-12(15)14(19)13(16)7-11/h6-7,10,17,19H,2-5,8-9H2,1H3. The monoisotopic (exact) mass is 270 g/mol. The molecule has 1 aromatic rings. The highest BCUT2D eigenvalue weighted by atomic mass is 19.1. The van der Waals surface area contributed by atoms with E-state index in [2.05, 4.69) is 17.1 Å². The molecule has 0 amide bonds. The van der Waals surface area contributed by atoms with Gasteiger partial charge in [0.15, 0.2) is 17.4 Å². The molecular weight excluding hydrogens is 250 g/mol. The van der Waals surface area contributed by atoms with E-state index in [0.717, 1.165) is 31.8 Å². The number of phenolic OH excluding ortho intramolecular Hbond substituents is 1. The predicted molar refractivity (Wildman–Crippen MR) is 70.0 cm³/mol. The van der Waals surface area contributed by atoms with Crippen molar-refractivity contribution < 1.29 is 13.9 Å². The summed E-state index contributed by atoms with van der Waals surface area (Å²) in [4.78, 5) is 2.41. The number of likely N-dealkylation sites (tertiary alicyclic amines) is 1. The molecule has 0 aliphatic carbocycles. The zero-order valence-electron chi connectivity index (χ0n) is 11.1. The molecule has 2 rings (SSSR count). The van der Waals surface area contributed by atoms with Crippen LogP contribution in [-0.4, -0.2) is 35.7 Å². The molecule has 0 spiro atoms. The fraction of sp³-hybridized carbons (Fsp3) is 0.571. The molecule has 1 fully saturated rings. The summed E-state index contributed by atoms with van der Waals surface area (Å²) in [6, 6.07) is 2.74. The van der Waals surface area contributed by atoms with Gasteiger partial charge in [0, 0.05) is 19.1 Å². The maximum Gasteiger partial charge on any atom is 0.187 e. The first-order valence-electron chi connectivity index (χ1n) is 6.69. The van der Waals surface area contributed by atoms with Gasteiger partial charge in [-0.1, -0.05) is 0 Å². The van der Waals surface area contributed by atoms with Crippen LogP contribution in [0.2, 0.25) is 0 Å². The molecule has 0 bridgehead atoms. The second-order valence-electron chi connectivity index (χ2n) is 5.13. The van der Waals surface area contributed by atoms with Crippen molar-refractivity contribution in [1.29, 1.82) is 0 Å². The van der Waals surface area contributed by atoms with Crippen molar-refractivity contribution in [3.8, 4) is 5.75 Å². The molecule has 1 aromatic carbocycles. The first-order valence-corrected chi connectivity index (χ1v) is 6.69. The van der Waals surface area contributed by atoms with Crippen LogP contribution in [0.3, 0.4) is 0 Å². The second-order valence-corrected chi connectivity index (χ2v) is 5.13. The van der Waals surface area contributed by atoms with Crippen molar-refractivity contribution in [3.05, 3.63) is 29.3 Å². The minimum atomic E-state index is -0.913. The highest BCUT2D eigenvalue weighted by Gasteiger charge is 2.17. The fourth-order valence-corrected chi connectivity index (χ4v) is 2.46. The Morgan fingerprint density at radius 3 is 2.42 bits per heavy atom. The Morgan fingerprint density at radius 1 is 1.26 bits per heavy atom.